The van der Waals surface area contributed by atoms with Crippen molar-refractivity contribution in [1.29, 1.82) is 0 Å². The molecule has 1 atom stereocenters. The summed E-state index contributed by atoms with van der Waals surface area (Å²) in [5.74, 6) is 0. The predicted molar refractivity (Wildman–Crippen MR) is 63.1 cm³/mol. The SMILES string of the molecule is CN[C@@H](CO)c1ccc(Cl)cc1I. The Morgan fingerprint density at radius 1 is 1.62 bits per heavy atom. The Balaban J connectivity index is 2.99. The van der Waals surface area contributed by atoms with Crippen LogP contribution in [-0.2, 0) is 0 Å². The van der Waals surface area contributed by atoms with Gasteiger partial charge in [0.1, 0.15) is 0 Å². The molecule has 2 N–H and O–H groups in total. The molecule has 0 aliphatic carbocycles. The molecule has 0 fully saturated rings. The molecule has 1 aromatic rings. The molecule has 13 heavy (non-hydrogen) atoms. The van der Waals surface area contributed by atoms with Gasteiger partial charge in [0.25, 0.3) is 0 Å². The summed E-state index contributed by atoms with van der Waals surface area (Å²) in [5.41, 5.74) is 1.08. The average Bonchev–Trinajstić information content (AvgIpc) is 2.10. The van der Waals surface area contributed by atoms with E-state index in [0.29, 0.717) is 0 Å². The summed E-state index contributed by atoms with van der Waals surface area (Å²) in [7, 11) is 1.82. The van der Waals surface area contributed by atoms with Crippen LogP contribution in [-0.4, -0.2) is 18.8 Å². The molecule has 0 radical (unpaired) electrons. The largest absolute Gasteiger partial charge is 0.394 e. The van der Waals surface area contributed by atoms with Gasteiger partial charge in [0.15, 0.2) is 0 Å². The maximum absolute atomic E-state index is 9.07. The van der Waals surface area contributed by atoms with Crippen molar-refractivity contribution in [3.8, 4) is 0 Å². The van der Waals surface area contributed by atoms with Crippen molar-refractivity contribution >= 4 is 34.2 Å². The van der Waals surface area contributed by atoms with Gasteiger partial charge in [0, 0.05) is 8.59 Å². The lowest BCUT2D eigenvalue weighted by atomic mass is 10.1. The first-order chi connectivity index (χ1) is 6.19. The molecule has 72 valence electrons. The zero-order valence-corrected chi connectivity index (χ0v) is 10.1. The Morgan fingerprint density at radius 3 is 2.77 bits per heavy atom. The van der Waals surface area contributed by atoms with Crippen LogP contribution in [0.25, 0.3) is 0 Å². The number of hydrogen-bond acceptors (Lipinski definition) is 2. The minimum atomic E-state index is -0.0100. The molecule has 2 nitrogen and oxygen atoms in total. The van der Waals surface area contributed by atoms with Crippen molar-refractivity contribution in [2.45, 2.75) is 6.04 Å². The quantitative estimate of drug-likeness (QED) is 0.839. The molecule has 0 saturated carbocycles. The lowest BCUT2D eigenvalue weighted by Crippen LogP contribution is -2.20. The highest BCUT2D eigenvalue weighted by atomic mass is 127. The second-order valence-electron chi connectivity index (χ2n) is 2.69. The fourth-order valence-corrected chi connectivity index (χ4v) is 2.38. The van der Waals surface area contributed by atoms with Crippen LogP contribution >= 0.6 is 34.2 Å². The van der Waals surface area contributed by atoms with Gasteiger partial charge in [-0.3, -0.25) is 0 Å². The van der Waals surface area contributed by atoms with E-state index in [4.69, 9.17) is 16.7 Å². The molecule has 1 aromatic carbocycles. The van der Waals surface area contributed by atoms with Gasteiger partial charge < -0.3 is 10.4 Å². The number of hydrogen-bond donors (Lipinski definition) is 2. The topological polar surface area (TPSA) is 32.3 Å². The fraction of sp³-hybridized carbons (Fsp3) is 0.333. The third-order valence-corrected chi connectivity index (χ3v) is 3.04. The third-order valence-electron chi connectivity index (χ3n) is 1.87. The van der Waals surface area contributed by atoms with Gasteiger partial charge in [0.2, 0.25) is 0 Å². The van der Waals surface area contributed by atoms with E-state index in [1.165, 1.54) is 0 Å². The Labute approximate surface area is 96.4 Å². The molecule has 0 saturated heterocycles. The number of aliphatic hydroxyl groups excluding tert-OH is 1. The summed E-state index contributed by atoms with van der Waals surface area (Å²) >= 11 is 8.03. The number of aliphatic hydroxyl groups is 1. The number of benzene rings is 1. The van der Waals surface area contributed by atoms with Crippen molar-refractivity contribution in [3.63, 3.8) is 0 Å². The molecular weight excluding hydrogens is 300 g/mol. The minimum absolute atomic E-state index is 0.0100. The van der Waals surface area contributed by atoms with Crippen LogP contribution in [0.15, 0.2) is 18.2 Å². The third kappa shape index (κ3) is 2.80. The molecule has 0 aliphatic rings. The Morgan fingerprint density at radius 2 is 2.31 bits per heavy atom. The molecule has 4 heteroatoms. The van der Waals surface area contributed by atoms with Crippen LogP contribution in [0.2, 0.25) is 5.02 Å². The monoisotopic (exact) mass is 311 g/mol. The summed E-state index contributed by atoms with van der Waals surface area (Å²) in [4.78, 5) is 0. The molecule has 0 unspecified atom stereocenters. The number of halogens is 2. The zero-order chi connectivity index (χ0) is 9.84. The maximum Gasteiger partial charge on any atom is 0.0626 e. The predicted octanol–water partition coefficient (Wildman–Crippen LogP) is 2.20. The van der Waals surface area contributed by atoms with E-state index in [-0.39, 0.29) is 12.6 Å². The lowest BCUT2D eigenvalue weighted by molar-refractivity contribution is 0.250. The van der Waals surface area contributed by atoms with Gasteiger partial charge in [-0.15, -0.1) is 0 Å². The second-order valence-corrected chi connectivity index (χ2v) is 4.29. The first-order valence-corrected chi connectivity index (χ1v) is 5.37. The summed E-state index contributed by atoms with van der Waals surface area (Å²) in [5, 5.41) is 12.8. The van der Waals surface area contributed by atoms with Crippen molar-refractivity contribution in [2.75, 3.05) is 13.7 Å². The van der Waals surface area contributed by atoms with E-state index in [9.17, 15) is 0 Å². The molecule has 1 rings (SSSR count). The molecular formula is C9H11ClINO. The van der Waals surface area contributed by atoms with Gasteiger partial charge in [-0.1, -0.05) is 17.7 Å². The van der Waals surface area contributed by atoms with E-state index in [1.54, 1.807) is 0 Å². The Hall–Kier alpha value is 0.160. The number of nitrogens with one attached hydrogen (secondary N) is 1. The van der Waals surface area contributed by atoms with E-state index in [1.807, 2.05) is 25.2 Å². The van der Waals surface area contributed by atoms with E-state index in [0.717, 1.165) is 14.2 Å². The van der Waals surface area contributed by atoms with Gasteiger partial charge in [0.05, 0.1) is 12.6 Å². The Kier molecular flexibility index (Phi) is 4.45. The van der Waals surface area contributed by atoms with Crippen molar-refractivity contribution < 1.29 is 5.11 Å². The van der Waals surface area contributed by atoms with Gasteiger partial charge in [-0.05, 0) is 47.3 Å². The summed E-state index contributed by atoms with van der Waals surface area (Å²) < 4.78 is 1.07. The van der Waals surface area contributed by atoms with Crippen LogP contribution in [0.5, 0.6) is 0 Å². The highest BCUT2D eigenvalue weighted by Crippen LogP contribution is 2.22. The number of rotatable bonds is 3. The van der Waals surface area contributed by atoms with Gasteiger partial charge in [-0.25, -0.2) is 0 Å². The normalized spacial score (nSPS) is 12.9. The minimum Gasteiger partial charge on any atom is -0.394 e. The highest BCUT2D eigenvalue weighted by molar-refractivity contribution is 14.1. The van der Waals surface area contributed by atoms with Gasteiger partial charge >= 0.3 is 0 Å². The van der Waals surface area contributed by atoms with Crippen molar-refractivity contribution in [3.05, 3.63) is 32.4 Å². The first kappa shape index (κ1) is 11.2. The van der Waals surface area contributed by atoms with Crippen LogP contribution in [0.3, 0.4) is 0 Å². The van der Waals surface area contributed by atoms with Crippen molar-refractivity contribution in [2.24, 2.45) is 0 Å². The van der Waals surface area contributed by atoms with Crippen LogP contribution in [0.1, 0.15) is 11.6 Å². The smallest absolute Gasteiger partial charge is 0.0626 e. The van der Waals surface area contributed by atoms with Crippen LogP contribution < -0.4 is 5.32 Å². The zero-order valence-electron chi connectivity index (χ0n) is 7.22. The van der Waals surface area contributed by atoms with Crippen LogP contribution in [0, 0.1) is 3.57 Å². The molecule has 0 spiro atoms. The van der Waals surface area contributed by atoms with E-state index < -0.39 is 0 Å². The summed E-state index contributed by atoms with van der Waals surface area (Å²) in [6.45, 7) is 0.0914. The van der Waals surface area contributed by atoms with Crippen LogP contribution in [0.4, 0.5) is 0 Å². The molecule has 0 amide bonds. The first-order valence-electron chi connectivity index (χ1n) is 3.92. The summed E-state index contributed by atoms with van der Waals surface area (Å²) in [6, 6.07) is 5.64. The maximum atomic E-state index is 9.07. The number of likely N-dealkylation sites (N-methyl/N-ethyl adjacent to an activating group) is 1. The van der Waals surface area contributed by atoms with E-state index >= 15 is 0 Å². The van der Waals surface area contributed by atoms with Crippen molar-refractivity contribution in [1.82, 2.24) is 5.32 Å². The Bertz CT molecular complexity index is 289. The van der Waals surface area contributed by atoms with E-state index in [2.05, 4.69) is 27.9 Å². The summed E-state index contributed by atoms with van der Waals surface area (Å²) in [6.07, 6.45) is 0. The van der Waals surface area contributed by atoms with Gasteiger partial charge in [-0.2, -0.15) is 0 Å². The molecule has 0 heterocycles. The molecule has 0 aromatic heterocycles. The molecule has 0 bridgehead atoms. The average molecular weight is 312 g/mol. The lowest BCUT2D eigenvalue weighted by Gasteiger charge is -2.15. The fourth-order valence-electron chi connectivity index (χ4n) is 1.13. The molecule has 0 aliphatic heterocycles. The standard InChI is InChI=1S/C9H11ClINO/c1-12-9(5-13)7-3-2-6(10)4-8(7)11/h2-4,9,12-13H,5H2,1H3/t9-/m0/s1. The highest BCUT2D eigenvalue weighted by Gasteiger charge is 2.10. The second kappa shape index (κ2) is 5.14.